The molecule has 1 aromatic heterocycles. The summed E-state index contributed by atoms with van der Waals surface area (Å²) in [4.78, 5) is 11.8. The van der Waals surface area contributed by atoms with Gasteiger partial charge in [0.15, 0.2) is 0 Å². The van der Waals surface area contributed by atoms with Gasteiger partial charge in [0.25, 0.3) is 0 Å². The molecule has 5 heteroatoms. The van der Waals surface area contributed by atoms with Crippen LogP contribution in [0.25, 0.3) is 11.0 Å². The Kier molecular flexibility index (Phi) is 4.28. The molecule has 24 heavy (non-hydrogen) atoms. The van der Waals surface area contributed by atoms with Crippen LogP contribution >= 0.6 is 11.6 Å². The highest BCUT2D eigenvalue weighted by Crippen LogP contribution is 2.28. The van der Waals surface area contributed by atoms with Crippen molar-refractivity contribution in [3.05, 3.63) is 74.1 Å². The summed E-state index contributed by atoms with van der Waals surface area (Å²) in [7, 11) is 0. The van der Waals surface area contributed by atoms with Crippen molar-refractivity contribution in [2.45, 2.75) is 20.5 Å². The first kappa shape index (κ1) is 16.1. The minimum absolute atomic E-state index is 0.177. The third-order valence-corrected chi connectivity index (χ3v) is 4.26. The lowest BCUT2D eigenvalue weighted by molar-refractivity contribution is 0.307. The van der Waals surface area contributed by atoms with E-state index < -0.39 is 5.63 Å². The Hall–Kier alpha value is -2.77. The molecular formula is C19H14ClNO3. The quantitative estimate of drug-likeness (QED) is 0.658. The monoisotopic (exact) mass is 339 g/mol. The highest BCUT2D eigenvalue weighted by Gasteiger charge is 2.11. The van der Waals surface area contributed by atoms with Gasteiger partial charge in [-0.25, -0.2) is 4.79 Å². The van der Waals surface area contributed by atoms with Gasteiger partial charge in [0.05, 0.1) is 16.7 Å². The van der Waals surface area contributed by atoms with Gasteiger partial charge in [-0.05, 0) is 43.2 Å². The van der Waals surface area contributed by atoms with Crippen molar-refractivity contribution in [1.82, 2.24) is 0 Å². The zero-order valence-electron chi connectivity index (χ0n) is 13.2. The van der Waals surface area contributed by atoms with Crippen molar-refractivity contribution >= 4 is 22.6 Å². The van der Waals surface area contributed by atoms with Crippen molar-refractivity contribution in [2.24, 2.45) is 0 Å². The SMILES string of the molecule is Cc1ccc2c(COc3ccc(C#N)cc3Cl)cc(=O)oc2c1C. The minimum Gasteiger partial charge on any atom is -0.487 e. The van der Waals surface area contributed by atoms with Crippen LogP contribution in [0.4, 0.5) is 0 Å². The lowest BCUT2D eigenvalue weighted by atomic mass is 10.0. The van der Waals surface area contributed by atoms with Crippen LogP contribution in [-0.4, -0.2) is 0 Å². The van der Waals surface area contributed by atoms with Crippen LogP contribution in [-0.2, 0) is 6.61 Å². The van der Waals surface area contributed by atoms with Gasteiger partial charge in [0.1, 0.15) is 17.9 Å². The first-order valence-corrected chi connectivity index (χ1v) is 7.73. The van der Waals surface area contributed by atoms with Crippen molar-refractivity contribution in [3.63, 3.8) is 0 Å². The summed E-state index contributed by atoms with van der Waals surface area (Å²) >= 11 is 6.11. The number of halogens is 1. The normalized spacial score (nSPS) is 10.6. The number of hydrogen-bond acceptors (Lipinski definition) is 4. The Morgan fingerprint density at radius 2 is 2.00 bits per heavy atom. The van der Waals surface area contributed by atoms with Crippen LogP contribution in [0.2, 0.25) is 5.02 Å². The molecule has 0 bridgehead atoms. The first-order valence-electron chi connectivity index (χ1n) is 7.35. The molecule has 0 unspecified atom stereocenters. The molecule has 0 atom stereocenters. The number of rotatable bonds is 3. The van der Waals surface area contributed by atoms with Gasteiger partial charge in [-0.1, -0.05) is 23.7 Å². The molecular weight excluding hydrogens is 326 g/mol. The summed E-state index contributed by atoms with van der Waals surface area (Å²) < 4.78 is 11.1. The number of aryl methyl sites for hydroxylation is 2. The Morgan fingerprint density at radius 1 is 1.21 bits per heavy atom. The molecule has 0 fully saturated rings. The fraction of sp³-hybridized carbons (Fsp3) is 0.158. The van der Waals surface area contributed by atoms with E-state index in [1.54, 1.807) is 18.2 Å². The standard InChI is InChI=1S/C19H14ClNO3/c1-11-3-5-15-14(8-18(22)24-19(15)12(11)2)10-23-17-6-4-13(9-21)7-16(17)20/h3-8H,10H2,1-2H3. The van der Waals surface area contributed by atoms with E-state index in [2.05, 4.69) is 0 Å². The molecule has 2 aromatic carbocycles. The molecule has 4 nitrogen and oxygen atoms in total. The van der Waals surface area contributed by atoms with E-state index in [-0.39, 0.29) is 6.61 Å². The zero-order valence-corrected chi connectivity index (χ0v) is 14.0. The van der Waals surface area contributed by atoms with Gasteiger partial charge in [-0.3, -0.25) is 0 Å². The summed E-state index contributed by atoms with van der Waals surface area (Å²) in [6, 6.07) is 12.2. The number of nitriles is 1. The van der Waals surface area contributed by atoms with Crippen LogP contribution in [0.3, 0.4) is 0 Å². The maximum absolute atomic E-state index is 11.8. The van der Waals surface area contributed by atoms with E-state index in [1.165, 1.54) is 6.07 Å². The van der Waals surface area contributed by atoms with E-state index in [4.69, 9.17) is 26.0 Å². The fourth-order valence-electron chi connectivity index (χ4n) is 2.49. The molecule has 1 heterocycles. The summed E-state index contributed by atoms with van der Waals surface area (Å²) in [5, 5.41) is 10.1. The summed E-state index contributed by atoms with van der Waals surface area (Å²) in [5.74, 6) is 0.459. The summed E-state index contributed by atoms with van der Waals surface area (Å²) in [5.41, 5.74) is 3.34. The zero-order chi connectivity index (χ0) is 17.3. The second kappa shape index (κ2) is 6.38. The number of nitrogens with zero attached hydrogens (tertiary/aromatic N) is 1. The van der Waals surface area contributed by atoms with E-state index in [9.17, 15) is 4.79 Å². The topological polar surface area (TPSA) is 63.2 Å². The van der Waals surface area contributed by atoms with Gasteiger partial charge >= 0.3 is 5.63 Å². The number of ether oxygens (including phenoxy) is 1. The van der Waals surface area contributed by atoms with E-state index in [0.29, 0.717) is 21.9 Å². The van der Waals surface area contributed by atoms with Gasteiger partial charge in [0, 0.05) is 17.0 Å². The lowest BCUT2D eigenvalue weighted by Crippen LogP contribution is -2.05. The van der Waals surface area contributed by atoms with E-state index in [0.717, 1.165) is 22.1 Å². The number of fused-ring (bicyclic) bond motifs is 1. The molecule has 120 valence electrons. The van der Waals surface area contributed by atoms with Crippen molar-refractivity contribution in [2.75, 3.05) is 0 Å². The molecule has 0 aliphatic carbocycles. The van der Waals surface area contributed by atoms with Crippen molar-refractivity contribution < 1.29 is 9.15 Å². The Morgan fingerprint density at radius 3 is 2.71 bits per heavy atom. The highest BCUT2D eigenvalue weighted by atomic mass is 35.5. The van der Waals surface area contributed by atoms with Gasteiger partial charge < -0.3 is 9.15 Å². The summed E-state index contributed by atoms with van der Waals surface area (Å²) in [6.07, 6.45) is 0. The van der Waals surface area contributed by atoms with Crippen LogP contribution in [0, 0.1) is 25.2 Å². The largest absolute Gasteiger partial charge is 0.487 e. The molecule has 0 saturated carbocycles. The average molecular weight is 340 g/mol. The first-order chi connectivity index (χ1) is 11.5. The van der Waals surface area contributed by atoms with Crippen LogP contribution in [0.1, 0.15) is 22.3 Å². The van der Waals surface area contributed by atoms with E-state index in [1.807, 2.05) is 32.0 Å². The van der Waals surface area contributed by atoms with Crippen LogP contribution in [0.5, 0.6) is 5.75 Å². The van der Waals surface area contributed by atoms with Crippen LogP contribution < -0.4 is 10.4 Å². The highest BCUT2D eigenvalue weighted by molar-refractivity contribution is 6.32. The van der Waals surface area contributed by atoms with Gasteiger partial charge in [0.2, 0.25) is 0 Å². The second-order valence-electron chi connectivity index (χ2n) is 5.52. The van der Waals surface area contributed by atoms with Crippen molar-refractivity contribution in [1.29, 1.82) is 5.26 Å². The smallest absolute Gasteiger partial charge is 0.336 e. The molecule has 3 aromatic rings. The molecule has 0 amide bonds. The Balaban J connectivity index is 1.98. The Bertz CT molecular complexity index is 1030. The van der Waals surface area contributed by atoms with Crippen LogP contribution in [0.15, 0.2) is 45.6 Å². The molecule has 3 rings (SSSR count). The fourth-order valence-corrected chi connectivity index (χ4v) is 2.72. The van der Waals surface area contributed by atoms with Crippen molar-refractivity contribution in [3.8, 4) is 11.8 Å². The third kappa shape index (κ3) is 2.99. The molecule has 0 saturated heterocycles. The van der Waals surface area contributed by atoms with Gasteiger partial charge in [-0.15, -0.1) is 0 Å². The Labute approximate surface area is 143 Å². The van der Waals surface area contributed by atoms with E-state index >= 15 is 0 Å². The number of benzene rings is 2. The predicted molar refractivity (Wildman–Crippen MR) is 92.5 cm³/mol. The second-order valence-corrected chi connectivity index (χ2v) is 5.93. The predicted octanol–water partition coefficient (Wildman–Crippen LogP) is 4.51. The maximum Gasteiger partial charge on any atom is 0.336 e. The van der Waals surface area contributed by atoms with Gasteiger partial charge in [-0.2, -0.15) is 5.26 Å². The molecule has 0 radical (unpaired) electrons. The minimum atomic E-state index is -0.416. The lowest BCUT2D eigenvalue weighted by Gasteiger charge is -2.11. The molecule has 0 spiro atoms. The third-order valence-electron chi connectivity index (χ3n) is 3.96. The molecule has 0 N–H and O–H groups in total. The summed E-state index contributed by atoms with van der Waals surface area (Å²) in [6.45, 7) is 4.06. The average Bonchev–Trinajstić information content (AvgIpc) is 2.57. The molecule has 0 aliphatic heterocycles. The maximum atomic E-state index is 11.8. The molecule has 0 aliphatic rings. The number of hydrogen-bond donors (Lipinski definition) is 0.